The number of hydrogen-bond acceptors (Lipinski definition) is 4. The van der Waals surface area contributed by atoms with Gasteiger partial charge in [-0.15, -0.1) is 11.3 Å². The van der Waals surface area contributed by atoms with Gasteiger partial charge in [-0.1, -0.05) is 30.3 Å². The van der Waals surface area contributed by atoms with Gasteiger partial charge in [0.2, 0.25) is 0 Å². The zero-order valence-corrected chi connectivity index (χ0v) is 14.8. The smallest absolute Gasteiger partial charge is 0.192 e. The lowest BCUT2D eigenvalue weighted by Gasteiger charge is -2.08. The number of benzene rings is 3. The van der Waals surface area contributed by atoms with Crippen LogP contribution < -0.4 is 5.43 Å². The molecule has 2 heterocycles. The Hall–Kier alpha value is -3.11. The first-order valence-electron chi connectivity index (χ1n) is 8.30. The van der Waals surface area contributed by atoms with E-state index < -0.39 is 0 Å². The molecular formula is C22H14O3S. The predicted octanol–water partition coefficient (Wildman–Crippen LogP) is 5.84. The molecule has 0 saturated carbocycles. The van der Waals surface area contributed by atoms with E-state index in [0.717, 1.165) is 31.3 Å². The van der Waals surface area contributed by atoms with Crippen LogP contribution in [0.4, 0.5) is 0 Å². The van der Waals surface area contributed by atoms with E-state index in [2.05, 4.69) is 6.07 Å². The second-order valence-corrected chi connectivity index (χ2v) is 7.39. The highest BCUT2D eigenvalue weighted by Crippen LogP contribution is 2.45. The van der Waals surface area contributed by atoms with Gasteiger partial charge >= 0.3 is 0 Å². The molecule has 2 aromatic heterocycles. The van der Waals surface area contributed by atoms with Crippen molar-refractivity contribution >= 4 is 42.5 Å². The maximum absolute atomic E-state index is 12.3. The molecular weight excluding hydrogens is 344 g/mol. The summed E-state index contributed by atoms with van der Waals surface area (Å²) in [5.74, 6) is 0.848. The monoisotopic (exact) mass is 358 g/mol. The number of aryl methyl sites for hydroxylation is 1. The van der Waals surface area contributed by atoms with Gasteiger partial charge < -0.3 is 9.52 Å². The van der Waals surface area contributed by atoms with Crippen LogP contribution in [0.5, 0.6) is 5.75 Å². The minimum absolute atomic E-state index is 0.0445. The van der Waals surface area contributed by atoms with E-state index in [4.69, 9.17) is 4.42 Å². The van der Waals surface area contributed by atoms with Crippen LogP contribution >= 0.6 is 11.3 Å². The molecule has 0 aliphatic rings. The maximum Gasteiger partial charge on any atom is 0.192 e. The van der Waals surface area contributed by atoms with Crippen LogP contribution in [0, 0.1) is 6.92 Å². The van der Waals surface area contributed by atoms with Crippen molar-refractivity contribution < 1.29 is 9.52 Å². The van der Waals surface area contributed by atoms with Gasteiger partial charge in [-0.25, -0.2) is 0 Å². The third-order valence-corrected chi connectivity index (χ3v) is 5.88. The number of phenols is 1. The largest absolute Gasteiger partial charge is 0.507 e. The summed E-state index contributed by atoms with van der Waals surface area (Å²) in [7, 11) is 0. The van der Waals surface area contributed by atoms with Crippen molar-refractivity contribution in [3.8, 4) is 16.9 Å². The Morgan fingerprint density at radius 1 is 0.923 bits per heavy atom. The average molecular weight is 358 g/mol. The van der Waals surface area contributed by atoms with Crippen molar-refractivity contribution in [1.82, 2.24) is 0 Å². The lowest BCUT2D eigenvalue weighted by molar-refractivity contribution is 0.482. The number of thiophene rings is 1. The fourth-order valence-electron chi connectivity index (χ4n) is 3.53. The lowest BCUT2D eigenvalue weighted by atomic mass is 10.00. The highest BCUT2D eigenvalue weighted by molar-refractivity contribution is 7.26. The minimum atomic E-state index is -0.0445. The van der Waals surface area contributed by atoms with Gasteiger partial charge in [0.05, 0.1) is 5.39 Å². The van der Waals surface area contributed by atoms with Crippen LogP contribution in [0.1, 0.15) is 5.76 Å². The number of hydrogen-bond donors (Lipinski definition) is 1. The Kier molecular flexibility index (Phi) is 3.18. The van der Waals surface area contributed by atoms with Crippen molar-refractivity contribution in [2.24, 2.45) is 0 Å². The third-order valence-electron chi connectivity index (χ3n) is 4.67. The summed E-state index contributed by atoms with van der Waals surface area (Å²) in [5.41, 5.74) is 2.36. The minimum Gasteiger partial charge on any atom is -0.507 e. The Morgan fingerprint density at radius 3 is 2.62 bits per heavy atom. The van der Waals surface area contributed by atoms with Crippen molar-refractivity contribution in [3.63, 3.8) is 0 Å². The summed E-state index contributed by atoms with van der Waals surface area (Å²) in [6.07, 6.45) is 0. The highest BCUT2D eigenvalue weighted by Gasteiger charge is 2.17. The SMILES string of the molecule is Cc1cc(=O)c2cccc(-c3ccc(O)c4c3sc3ccccc34)c2o1. The molecule has 0 fully saturated rings. The Morgan fingerprint density at radius 2 is 1.73 bits per heavy atom. The van der Waals surface area contributed by atoms with Gasteiger partial charge in [-0.05, 0) is 31.2 Å². The molecule has 4 heteroatoms. The molecule has 0 spiro atoms. The van der Waals surface area contributed by atoms with E-state index in [-0.39, 0.29) is 11.2 Å². The molecule has 0 unspecified atom stereocenters. The molecule has 5 aromatic rings. The summed E-state index contributed by atoms with van der Waals surface area (Å²) in [5, 5.41) is 12.9. The van der Waals surface area contributed by atoms with Crippen LogP contribution in [0.25, 0.3) is 42.3 Å². The van der Waals surface area contributed by atoms with Crippen LogP contribution in [-0.4, -0.2) is 5.11 Å². The quantitative estimate of drug-likeness (QED) is 0.409. The van der Waals surface area contributed by atoms with Gasteiger partial charge in [0.15, 0.2) is 5.43 Å². The Balaban J connectivity index is 1.96. The number of phenolic OH excluding ortho intramolecular Hbond substituents is 1. The molecule has 126 valence electrons. The van der Waals surface area contributed by atoms with Crippen LogP contribution in [0.15, 0.2) is 69.9 Å². The molecule has 1 N–H and O–H groups in total. The zero-order chi connectivity index (χ0) is 17.8. The molecule has 0 atom stereocenters. The molecule has 26 heavy (non-hydrogen) atoms. The first-order chi connectivity index (χ1) is 12.6. The van der Waals surface area contributed by atoms with Crippen LogP contribution in [0.2, 0.25) is 0 Å². The maximum atomic E-state index is 12.3. The molecule has 3 aromatic carbocycles. The molecule has 0 aliphatic carbocycles. The standard InChI is InChI=1S/C22H14O3S/c1-12-11-18(24)15-7-4-6-13(21(15)25-12)14-9-10-17(23)20-16-5-2-3-8-19(16)26-22(14)20/h2-11,23H,1H3. The predicted molar refractivity (Wildman–Crippen MR) is 107 cm³/mol. The van der Waals surface area contributed by atoms with Crippen LogP contribution in [0.3, 0.4) is 0 Å². The number of para-hydroxylation sites is 1. The van der Waals surface area contributed by atoms with E-state index in [1.807, 2.05) is 36.4 Å². The van der Waals surface area contributed by atoms with E-state index in [1.54, 1.807) is 30.4 Å². The van der Waals surface area contributed by atoms with Crippen LogP contribution in [-0.2, 0) is 0 Å². The van der Waals surface area contributed by atoms with Crippen molar-refractivity contribution in [2.75, 3.05) is 0 Å². The van der Waals surface area contributed by atoms with Gasteiger partial charge in [0.25, 0.3) is 0 Å². The van der Waals surface area contributed by atoms with Crippen molar-refractivity contribution in [1.29, 1.82) is 0 Å². The van der Waals surface area contributed by atoms with Gasteiger partial charge in [0.1, 0.15) is 17.1 Å². The first kappa shape index (κ1) is 15.2. The Labute approximate surface area is 152 Å². The molecule has 0 aliphatic heterocycles. The number of rotatable bonds is 1. The normalized spacial score (nSPS) is 11.6. The van der Waals surface area contributed by atoms with E-state index >= 15 is 0 Å². The molecule has 3 nitrogen and oxygen atoms in total. The van der Waals surface area contributed by atoms with Gasteiger partial charge in [0, 0.05) is 37.4 Å². The number of fused-ring (bicyclic) bond motifs is 4. The molecule has 0 amide bonds. The first-order valence-corrected chi connectivity index (χ1v) is 9.12. The highest BCUT2D eigenvalue weighted by atomic mass is 32.1. The topological polar surface area (TPSA) is 50.4 Å². The van der Waals surface area contributed by atoms with E-state index in [0.29, 0.717) is 16.7 Å². The molecule has 5 rings (SSSR count). The van der Waals surface area contributed by atoms with Gasteiger partial charge in [-0.3, -0.25) is 4.79 Å². The fraction of sp³-hybridized carbons (Fsp3) is 0.0455. The number of aromatic hydroxyl groups is 1. The molecule has 0 saturated heterocycles. The van der Waals surface area contributed by atoms with E-state index in [1.165, 1.54) is 6.07 Å². The second kappa shape index (κ2) is 5.44. The second-order valence-electron chi connectivity index (χ2n) is 6.34. The zero-order valence-electron chi connectivity index (χ0n) is 13.9. The average Bonchev–Trinajstić information content (AvgIpc) is 3.02. The summed E-state index contributed by atoms with van der Waals surface area (Å²) in [4.78, 5) is 12.3. The van der Waals surface area contributed by atoms with E-state index in [9.17, 15) is 9.90 Å². The molecule has 0 bridgehead atoms. The fourth-order valence-corrected chi connectivity index (χ4v) is 4.78. The van der Waals surface area contributed by atoms with Gasteiger partial charge in [-0.2, -0.15) is 0 Å². The summed E-state index contributed by atoms with van der Waals surface area (Å²) >= 11 is 1.63. The summed E-state index contributed by atoms with van der Waals surface area (Å²) < 4.78 is 8.03. The Bertz CT molecular complexity index is 1380. The summed E-state index contributed by atoms with van der Waals surface area (Å²) in [6, 6.07) is 18.8. The molecule has 0 radical (unpaired) electrons. The third kappa shape index (κ3) is 2.09. The van der Waals surface area contributed by atoms with Crippen molar-refractivity contribution in [2.45, 2.75) is 6.92 Å². The van der Waals surface area contributed by atoms with Crippen molar-refractivity contribution in [3.05, 3.63) is 76.6 Å². The lowest BCUT2D eigenvalue weighted by Crippen LogP contribution is -2.00. The summed E-state index contributed by atoms with van der Waals surface area (Å²) in [6.45, 7) is 1.78.